The van der Waals surface area contributed by atoms with Crippen LogP contribution in [0.4, 0.5) is 8.78 Å². The topological polar surface area (TPSA) is 26.0 Å². The van der Waals surface area contributed by atoms with Crippen LogP contribution in [0.3, 0.4) is 0 Å². The lowest BCUT2D eigenvalue weighted by molar-refractivity contribution is 0.524. The Morgan fingerprint density at radius 3 is 2.71 bits per heavy atom. The SMILES string of the molecule is C[C@H](CN)CCc1cc(F)ccc1F. The Morgan fingerprint density at radius 1 is 1.36 bits per heavy atom. The summed E-state index contributed by atoms with van der Waals surface area (Å²) in [5.74, 6) is -0.380. The van der Waals surface area contributed by atoms with Gasteiger partial charge in [0.2, 0.25) is 0 Å². The Hall–Kier alpha value is -0.960. The van der Waals surface area contributed by atoms with E-state index in [9.17, 15) is 8.78 Å². The molecule has 1 aromatic rings. The van der Waals surface area contributed by atoms with Crippen LogP contribution in [0.25, 0.3) is 0 Å². The molecule has 1 aromatic carbocycles. The van der Waals surface area contributed by atoms with Crippen LogP contribution in [0.1, 0.15) is 18.9 Å². The summed E-state index contributed by atoms with van der Waals surface area (Å²) in [5.41, 5.74) is 5.87. The van der Waals surface area contributed by atoms with E-state index in [4.69, 9.17) is 5.73 Å². The van der Waals surface area contributed by atoms with E-state index in [1.165, 1.54) is 6.07 Å². The average Bonchev–Trinajstić information content (AvgIpc) is 2.19. The Morgan fingerprint density at radius 2 is 2.07 bits per heavy atom. The first kappa shape index (κ1) is 11.1. The molecule has 0 saturated heterocycles. The molecule has 0 amide bonds. The monoisotopic (exact) mass is 199 g/mol. The fourth-order valence-electron chi connectivity index (χ4n) is 1.25. The van der Waals surface area contributed by atoms with Crippen LogP contribution in [0.15, 0.2) is 18.2 Å². The summed E-state index contributed by atoms with van der Waals surface area (Å²) in [5, 5.41) is 0. The number of aryl methyl sites for hydroxylation is 1. The van der Waals surface area contributed by atoms with Crippen LogP contribution in [0, 0.1) is 17.6 Å². The number of benzene rings is 1. The number of nitrogens with two attached hydrogens (primary N) is 1. The zero-order valence-corrected chi connectivity index (χ0v) is 8.26. The lowest BCUT2D eigenvalue weighted by atomic mass is 10.0. The third-order valence-electron chi connectivity index (χ3n) is 2.32. The highest BCUT2D eigenvalue weighted by molar-refractivity contribution is 5.18. The number of hydrogen-bond acceptors (Lipinski definition) is 1. The van der Waals surface area contributed by atoms with Crippen molar-refractivity contribution in [3.05, 3.63) is 35.4 Å². The van der Waals surface area contributed by atoms with Gasteiger partial charge in [0.1, 0.15) is 11.6 Å². The molecule has 0 spiro atoms. The van der Waals surface area contributed by atoms with Crippen molar-refractivity contribution in [3.63, 3.8) is 0 Å². The molecular formula is C11H15F2N. The highest BCUT2D eigenvalue weighted by atomic mass is 19.1. The second-order valence-electron chi connectivity index (χ2n) is 3.62. The summed E-state index contributed by atoms with van der Waals surface area (Å²) >= 11 is 0. The first-order valence-electron chi connectivity index (χ1n) is 4.77. The minimum atomic E-state index is -0.387. The van der Waals surface area contributed by atoms with E-state index in [1.54, 1.807) is 0 Å². The van der Waals surface area contributed by atoms with E-state index in [0.717, 1.165) is 18.6 Å². The number of rotatable bonds is 4. The normalized spacial score (nSPS) is 12.9. The molecule has 14 heavy (non-hydrogen) atoms. The quantitative estimate of drug-likeness (QED) is 0.792. The standard InChI is InChI=1S/C11H15F2N/c1-8(7-14)2-3-9-6-10(12)4-5-11(9)13/h4-6,8H,2-3,7,14H2,1H3/t8-/m0/s1. The van der Waals surface area contributed by atoms with Gasteiger partial charge < -0.3 is 5.73 Å². The van der Waals surface area contributed by atoms with Crippen molar-refractivity contribution in [1.29, 1.82) is 0 Å². The minimum Gasteiger partial charge on any atom is -0.330 e. The molecule has 0 aliphatic heterocycles. The molecule has 1 rings (SSSR count). The molecule has 0 bridgehead atoms. The lowest BCUT2D eigenvalue weighted by Gasteiger charge is -2.08. The Bertz CT molecular complexity index is 299. The first-order chi connectivity index (χ1) is 6.63. The summed E-state index contributed by atoms with van der Waals surface area (Å²) < 4.78 is 25.9. The molecular weight excluding hydrogens is 184 g/mol. The molecule has 0 unspecified atom stereocenters. The summed E-state index contributed by atoms with van der Waals surface area (Å²) in [6, 6.07) is 3.54. The van der Waals surface area contributed by atoms with Crippen LogP contribution in [0.2, 0.25) is 0 Å². The summed E-state index contributed by atoms with van der Waals surface area (Å²) in [7, 11) is 0. The molecule has 0 aromatic heterocycles. The number of halogens is 2. The average molecular weight is 199 g/mol. The van der Waals surface area contributed by atoms with Gasteiger partial charge in [-0.05, 0) is 49.1 Å². The van der Waals surface area contributed by atoms with Crippen molar-refractivity contribution >= 4 is 0 Å². The predicted octanol–water partition coefficient (Wildman–Crippen LogP) is 2.49. The Labute approximate surface area is 82.9 Å². The molecule has 0 aliphatic carbocycles. The zero-order chi connectivity index (χ0) is 10.6. The summed E-state index contributed by atoms with van der Waals surface area (Å²) in [4.78, 5) is 0. The van der Waals surface area contributed by atoms with Crippen molar-refractivity contribution in [2.75, 3.05) is 6.54 Å². The molecule has 3 heteroatoms. The van der Waals surface area contributed by atoms with Gasteiger partial charge in [-0.1, -0.05) is 6.92 Å². The molecule has 0 heterocycles. The number of hydrogen-bond donors (Lipinski definition) is 1. The maximum Gasteiger partial charge on any atom is 0.126 e. The molecule has 0 radical (unpaired) electrons. The van der Waals surface area contributed by atoms with E-state index in [2.05, 4.69) is 0 Å². The highest BCUT2D eigenvalue weighted by Gasteiger charge is 2.05. The summed E-state index contributed by atoms with van der Waals surface area (Å²) in [6.45, 7) is 2.58. The maximum atomic E-state index is 13.1. The van der Waals surface area contributed by atoms with Gasteiger partial charge in [-0.15, -0.1) is 0 Å². The Balaban J connectivity index is 2.62. The van der Waals surface area contributed by atoms with Crippen LogP contribution in [-0.2, 0) is 6.42 Å². The van der Waals surface area contributed by atoms with Gasteiger partial charge >= 0.3 is 0 Å². The molecule has 1 nitrogen and oxygen atoms in total. The van der Waals surface area contributed by atoms with Crippen molar-refractivity contribution < 1.29 is 8.78 Å². The van der Waals surface area contributed by atoms with Crippen LogP contribution >= 0.6 is 0 Å². The Kier molecular flexibility index (Phi) is 4.01. The second kappa shape index (κ2) is 5.05. The summed E-state index contributed by atoms with van der Waals surface area (Å²) in [6.07, 6.45) is 1.33. The van der Waals surface area contributed by atoms with Crippen LogP contribution < -0.4 is 5.73 Å². The largest absolute Gasteiger partial charge is 0.330 e. The van der Waals surface area contributed by atoms with Crippen LogP contribution in [0.5, 0.6) is 0 Å². The maximum absolute atomic E-state index is 13.1. The van der Waals surface area contributed by atoms with E-state index in [1.807, 2.05) is 6.92 Å². The molecule has 2 N–H and O–H groups in total. The van der Waals surface area contributed by atoms with Crippen molar-refractivity contribution in [2.45, 2.75) is 19.8 Å². The van der Waals surface area contributed by atoms with E-state index in [-0.39, 0.29) is 11.6 Å². The van der Waals surface area contributed by atoms with E-state index >= 15 is 0 Å². The van der Waals surface area contributed by atoms with E-state index < -0.39 is 0 Å². The van der Waals surface area contributed by atoms with Crippen molar-refractivity contribution in [2.24, 2.45) is 11.7 Å². The van der Waals surface area contributed by atoms with Gasteiger partial charge in [-0.3, -0.25) is 0 Å². The lowest BCUT2D eigenvalue weighted by Crippen LogP contribution is -2.11. The molecule has 1 atom stereocenters. The third-order valence-corrected chi connectivity index (χ3v) is 2.32. The molecule has 78 valence electrons. The van der Waals surface area contributed by atoms with Gasteiger partial charge in [0.25, 0.3) is 0 Å². The van der Waals surface area contributed by atoms with Gasteiger partial charge in [-0.2, -0.15) is 0 Å². The fourth-order valence-corrected chi connectivity index (χ4v) is 1.25. The van der Waals surface area contributed by atoms with E-state index in [0.29, 0.717) is 24.4 Å². The minimum absolute atomic E-state index is 0.337. The van der Waals surface area contributed by atoms with Gasteiger partial charge in [0.05, 0.1) is 0 Å². The third kappa shape index (κ3) is 3.07. The second-order valence-corrected chi connectivity index (χ2v) is 3.62. The van der Waals surface area contributed by atoms with Gasteiger partial charge in [0.15, 0.2) is 0 Å². The molecule has 0 saturated carbocycles. The molecule has 0 fully saturated rings. The van der Waals surface area contributed by atoms with Gasteiger partial charge in [-0.25, -0.2) is 8.78 Å². The smallest absolute Gasteiger partial charge is 0.126 e. The van der Waals surface area contributed by atoms with Crippen molar-refractivity contribution in [3.8, 4) is 0 Å². The first-order valence-corrected chi connectivity index (χ1v) is 4.77. The molecule has 0 aliphatic rings. The van der Waals surface area contributed by atoms with Crippen LogP contribution in [-0.4, -0.2) is 6.54 Å². The zero-order valence-electron chi connectivity index (χ0n) is 8.26. The highest BCUT2D eigenvalue weighted by Crippen LogP contribution is 2.14. The van der Waals surface area contributed by atoms with Crippen molar-refractivity contribution in [1.82, 2.24) is 0 Å². The fraction of sp³-hybridized carbons (Fsp3) is 0.455. The van der Waals surface area contributed by atoms with Gasteiger partial charge in [0, 0.05) is 0 Å². The predicted molar refractivity (Wildman–Crippen MR) is 52.9 cm³/mol.